The van der Waals surface area contributed by atoms with Gasteiger partial charge in [0.05, 0.1) is 6.10 Å². The van der Waals surface area contributed by atoms with E-state index >= 15 is 0 Å². The van der Waals surface area contributed by atoms with Gasteiger partial charge in [0.15, 0.2) is 0 Å². The van der Waals surface area contributed by atoms with Gasteiger partial charge in [-0.2, -0.15) is 0 Å². The van der Waals surface area contributed by atoms with Crippen molar-refractivity contribution in [3.63, 3.8) is 0 Å². The zero-order valence-corrected chi connectivity index (χ0v) is 10.9. The normalized spacial score (nSPS) is 18.0. The maximum atomic E-state index is 12.3. The van der Waals surface area contributed by atoms with Crippen LogP contribution in [0.5, 0.6) is 0 Å². The average molecular weight is 259 g/mol. The largest absolute Gasteiger partial charge is 0.384 e. The smallest absolute Gasteiger partial charge is 0.253 e. The molecule has 0 spiro atoms. The molecule has 0 aromatic heterocycles. The van der Waals surface area contributed by atoms with Crippen molar-refractivity contribution in [2.45, 2.75) is 12.5 Å². The molecular formula is C15H17NO3. The fourth-order valence-electron chi connectivity index (χ4n) is 2.16. The summed E-state index contributed by atoms with van der Waals surface area (Å²) in [5.41, 5.74) is 1.36. The molecule has 1 aromatic rings. The second-order valence-electron chi connectivity index (χ2n) is 4.44. The molecular weight excluding hydrogens is 242 g/mol. The van der Waals surface area contributed by atoms with Crippen molar-refractivity contribution in [2.75, 3.05) is 26.8 Å². The van der Waals surface area contributed by atoms with Crippen LogP contribution in [0, 0.1) is 11.8 Å². The maximum Gasteiger partial charge on any atom is 0.253 e. The first-order chi connectivity index (χ1) is 9.24. The van der Waals surface area contributed by atoms with Crippen molar-refractivity contribution >= 4 is 5.91 Å². The van der Waals surface area contributed by atoms with Crippen LogP contribution >= 0.6 is 0 Å². The van der Waals surface area contributed by atoms with Gasteiger partial charge >= 0.3 is 0 Å². The predicted molar refractivity (Wildman–Crippen MR) is 71.7 cm³/mol. The van der Waals surface area contributed by atoms with Crippen molar-refractivity contribution in [3.8, 4) is 11.8 Å². The Morgan fingerprint density at radius 3 is 3.11 bits per heavy atom. The summed E-state index contributed by atoms with van der Waals surface area (Å²) < 4.78 is 5.26. The number of amides is 1. The van der Waals surface area contributed by atoms with Crippen LogP contribution in [-0.4, -0.2) is 48.8 Å². The van der Waals surface area contributed by atoms with E-state index in [1.165, 1.54) is 0 Å². The summed E-state index contributed by atoms with van der Waals surface area (Å²) >= 11 is 0. The topological polar surface area (TPSA) is 49.8 Å². The second-order valence-corrected chi connectivity index (χ2v) is 4.44. The Labute approximate surface area is 113 Å². The molecule has 1 aliphatic rings. The zero-order chi connectivity index (χ0) is 13.7. The molecule has 1 aromatic carbocycles. The predicted octanol–water partition coefficient (Wildman–Crippen LogP) is 0.891. The second kappa shape index (κ2) is 6.37. The summed E-state index contributed by atoms with van der Waals surface area (Å²) in [4.78, 5) is 14.1. The number of ether oxygens (including phenoxy) is 1. The fraction of sp³-hybridized carbons (Fsp3) is 0.400. The molecule has 0 radical (unpaired) electrons. The van der Waals surface area contributed by atoms with Crippen molar-refractivity contribution in [2.24, 2.45) is 0 Å². The number of aliphatic hydroxyl groups is 1. The van der Waals surface area contributed by atoms with E-state index in [1.54, 1.807) is 30.2 Å². The number of hydrogen-bond donors (Lipinski definition) is 1. The van der Waals surface area contributed by atoms with E-state index in [0.29, 0.717) is 12.1 Å². The molecule has 1 N–H and O–H groups in total. The van der Waals surface area contributed by atoms with Crippen LogP contribution in [0.4, 0.5) is 0 Å². The Bertz CT molecular complexity index is 516. The highest BCUT2D eigenvalue weighted by Crippen LogP contribution is 2.16. The van der Waals surface area contributed by atoms with Crippen LogP contribution in [0.25, 0.3) is 0 Å². The van der Waals surface area contributed by atoms with Gasteiger partial charge in [0.1, 0.15) is 6.61 Å². The highest BCUT2D eigenvalue weighted by molar-refractivity contribution is 5.94. The zero-order valence-electron chi connectivity index (χ0n) is 10.9. The summed E-state index contributed by atoms with van der Waals surface area (Å²) in [6, 6.07) is 7.16. The van der Waals surface area contributed by atoms with E-state index in [1.807, 2.05) is 6.07 Å². The molecule has 19 heavy (non-hydrogen) atoms. The maximum absolute atomic E-state index is 12.3. The number of carbonyl (C=O) groups is 1. The number of methoxy groups -OCH3 is 1. The van der Waals surface area contributed by atoms with Crippen LogP contribution in [0.1, 0.15) is 22.3 Å². The van der Waals surface area contributed by atoms with Crippen LogP contribution in [0.3, 0.4) is 0 Å². The van der Waals surface area contributed by atoms with Gasteiger partial charge < -0.3 is 14.7 Å². The minimum absolute atomic E-state index is 0.00667. The molecule has 4 nitrogen and oxygen atoms in total. The third-order valence-electron chi connectivity index (χ3n) is 3.19. The molecule has 1 atom stereocenters. The summed E-state index contributed by atoms with van der Waals surface area (Å²) in [7, 11) is 1.67. The molecule has 2 rings (SSSR count). The first kappa shape index (κ1) is 13.6. The van der Waals surface area contributed by atoms with Gasteiger partial charge in [0.25, 0.3) is 5.91 Å². The lowest BCUT2D eigenvalue weighted by molar-refractivity contribution is 0.0724. The van der Waals surface area contributed by atoms with Crippen LogP contribution in [0.15, 0.2) is 24.3 Å². The Kier molecular flexibility index (Phi) is 4.56. The van der Waals surface area contributed by atoms with E-state index in [-0.39, 0.29) is 18.6 Å². The van der Waals surface area contributed by atoms with E-state index in [4.69, 9.17) is 9.84 Å². The van der Waals surface area contributed by atoms with Gasteiger partial charge in [-0.05, 0) is 24.6 Å². The van der Waals surface area contributed by atoms with Crippen LogP contribution < -0.4 is 0 Å². The molecule has 0 aliphatic carbocycles. The molecule has 4 heteroatoms. The summed E-state index contributed by atoms with van der Waals surface area (Å²) in [6.45, 7) is 1.19. The third kappa shape index (κ3) is 3.34. The van der Waals surface area contributed by atoms with Crippen LogP contribution in [0.2, 0.25) is 0 Å². The quantitative estimate of drug-likeness (QED) is 0.803. The molecule has 1 heterocycles. The number of likely N-dealkylation sites (tertiary alicyclic amines) is 1. The van der Waals surface area contributed by atoms with E-state index in [0.717, 1.165) is 18.5 Å². The molecule has 1 fully saturated rings. The number of aliphatic hydroxyl groups excluding tert-OH is 1. The van der Waals surface area contributed by atoms with Crippen molar-refractivity contribution in [3.05, 3.63) is 35.4 Å². The SMILES string of the molecule is COC1CCN(C(=O)c2cccc(C#CCO)c2)C1. The molecule has 1 saturated heterocycles. The molecule has 1 unspecified atom stereocenters. The highest BCUT2D eigenvalue weighted by atomic mass is 16.5. The van der Waals surface area contributed by atoms with E-state index in [2.05, 4.69) is 11.8 Å². The minimum Gasteiger partial charge on any atom is -0.384 e. The fourth-order valence-corrected chi connectivity index (χ4v) is 2.16. The van der Waals surface area contributed by atoms with Gasteiger partial charge in [-0.15, -0.1) is 0 Å². The van der Waals surface area contributed by atoms with Gasteiger partial charge in [-0.3, -0.25) is 4.79 Å². The highest BCUT2D eigenvalue weighted by Gasteiger charge is 2.26. The molecule has 0 saturated carbocycles. The number of nitrogens with zero attached hydrogens (tertiary/aromatic N) is 1. The van der Waals surface area contributed by atoms with Crippen LogP contribution in [-0.2, 0) is 4.74 Å². The van der Waals surface area contributed by atoms with Crippen molar-refractivity contribution < 1.29 is 14.6 Å². The Morgan fingerprint density at radius 2 is 2.42 bits per heavy atom. The summed E-state index contributed by atoms with van der Waals surface area (Å²) in [5, 5.41) is 8.67. The van der Waals surface area contributed by atoms with Gasteiger partial charge in [0.2, 0.25) is 0 Å². The Balaban J connectivity index is 2.11. The lowest BCUT2D eigenvalue weighted by Gasteiger charge is -2.16. The number of carbonyl (C=O) groups excluding carboxylic acids is 1. The Morgan fingerprint density at radius 1 is 1.58 bits per heavy atom. The van der Waals surface area contributed by atoms with Crippen molar-refractivity contribution in [1.29, 1.82) is 0 Å². The van der Waals surface area contributed by atoms with E-state index < -0.39 is 0 Å². The molecule has 1 amide bonds. The standard InChI is InChI=1S/C15H17NO3/c1-19-14-7-8-16(11-14)15(18)13-6-2-4-12(10-13)5-3-9-17/h2,4,6,10,14,17H,7-9,11H2,1H3. The van der Waals surface area contributed by atoms with Crippen molar-refractivity contribution in [1.82, 2.24) is 4.90 Å². The monoisotopic (exact) mass is 259 g/mol. The summed E-state index contributed by atoms with van der Waals surface area (Å²) in [6.07, 6.45) is 1.02. The first-order valence-corrected chi connectivity index (χ1v) is 6.26. The Hall–Kier alpha value is -1.83. The van der Waals surface area contributed by atoms with Gasteiger partial charge in [-0.1, -0.05) is 17.9 Å². The lowest BCUT2D eigenvalue weighted by atomic mass is 10.1. The molecule has 1 aliphatic heterocycles. The van der Waals surface area contributed by atoms with Gasteiger partial charge in [-0.25, -0.2) is 0 Å². The number of rotatable bonds is 2. The number of benzene rings is 1. The lowest BCUT2D eigenvalue weighted by Crippen LogP contribution is -2.29. The third-order valence-corrected chi connectivity index (χ3v) is 3.19. The average Bonchev–Trinajstić information content (AvgIpc) is 2.93. The first-order valence-electron chi connectivity index (χ1n) is 6.26. The minimum atomic E-state index is -0.181. The van der Waals surface area contributed by atoms with E-state index in [9.17, 15) is 4.79 Å². The molecule has 0 bridgehead atoms. The molecule has 100 valence electrons. The number of hydrogen-bond acceptors (Lipinski definition) is 3. The van der Waals surface area contributed by atoms with Gasteiger partial charge in [0, 0.05) is 31.3 Å². The summed E-state index contributed by atoms with van der Waals surface area (Å²) in [5.74, 6) is 5.39.